The summed E-state index contributed by atoms with van der Waals surface area (Å²) < 4.78 is 36.6. The van der Waals surface area contributed by atoms with E-state index < -0.39 is 10.0 Å². The van der Waals surface area contributed by atoms with Crippen LogP contribution < -0.4 is 9.46 Å². The van der Waals surface area contributed by atoms with Gasteiger partial charge < -0.3 is 14.6 Å². The first-order valence-electron chi connectivity index (χ1n) is 5.93. The molecular formula is C12H19NO5S. The van der Waals surface area contributed by atoms with Gasteiger partial charge >= 0.3 is 0 Å². The van der Waals surface area contributed by atoms with Crippen LogP contribution in [0, 0.1) is 0 Å². The number of aliphatic hydroxyl groups is 1. The monoisotopic (exact) mass is 289 g/mol. The van der Waals surface area contributed by atoms with E-state index in [9.17, 15) is 8.42 Å². The Balaban J connectivity index is 2.52. The minimum Gasteiger partial charge on any atom is -0.495 e. The molecule has 0 aliphatic heterocycles. The van der Waals surface area contributed by atoms with Gasteiger partial charge in [0.05, 0.1) is 20.3 Å². The van der Waals surface area contributed by atoms with Gasteiger partial charge in [-0.25, -0.2) is 13.1 Å². The Morgan fingerprint density at radius 3 is 2.68 bits per heavy atom. The molecule has 0 saturated heterocycles. The second-order valence-electron chi connectivity index (χ2n) is 3.74. The normalized spacial score (nSPS) is 11.5. The Bertz CT molecular complexity index is 475. The second-order valence-corrected chi connectivity index (χ2v) is 5.47. The fourth-order valence-electron chi connectivity index (χ4n) is 1.47. The van der Waals surface area contributed by atoms with E-state index in [1.54, 1.807) is 18.2 Å². The fourth-order valence-corrected chi connectivity index (χ4v) is 2.71. The van der Waals surface area contributed by atoms with Gasteiger partial charge in [-0.2, -0.15) is 0 Å². The third-order valence-corrected chi connectivity index (χ3v) is 3.85. The summed E-state index contributed by atoms with van der Waals surface area (Å²) in [5, 5.41) is 8.51. The van der Waals surface area contributed by atoms with Crippen LogP contribution in [0.5, 0.6) is 5.75 Å². The predicted octanol–water partition coefficient (Wildman–Crippen LogP) is 0.372. The van der Waals surface area contributed by atoms with E-state index in [1.807, 2.05) is 0 Å². The van der Waals surface area contributed by atoms with Crippen LogP contribution in [-0.4, -0.2) is 47.0 Å². The molecule has 19 heavy (non-hydrogen) atoms. The van der Waals surface area contributed by atoms with Gasteiger partial charge in [0, 0.05) is 13.2 Å². The molecule has 0 bridgehead atoms. The lowest BCUT2D eigenvalue weighted by molar-refractivity contribution is 0.0913. The number of aliphatic hydroxyl groups excluding tert-OH is 1. The summed E-state index contributed by atoms with van der Waals surface area (Å²) in [7, 11) is -2.15. The summed E-state index contributed by atoms with van der Waals surface area (Å²) in [6.45, 7) is 0.896. The topological polar surface area (TPSA) is 84.9 Å². The fraction of sp³-hybridized carbons (Fsp3) is 0.500. The lowest BCUT2D eigenvalue weighted by atomic mass is 10.3. The Hall–Kier alpha value is -1.15. The molecule has 0 fully saturated rings. The van der Waals surface area contributed by atoms with Crippen molar-refractivity contribution in [3.63, 3.8) is 0 Å². The first-order chi connectivity index (χ1) is 9.11. The zero-order chi connectivity index (χ0) is 14.1. The van der Waals surface area contributed by atoms with Crippen LogP contribution in [0.3, 0.4) is 0 Å². The standard InChI is InChI=1S/C12H19NO5S/c1-17-11-5-2-3-6-12(11)19(15,16)13-7-4-9-18-10-8-14/h2-3,5-6,13-14H,4,7-10H2,1H3. The van der Waals surface area contributed by atoms with Gasteiger partial charge in [0.25, 0.3) is 0 Å². The molecule has 0 unspecified atom stereocenters. The maximum absolute atomic E-state index is 12.0. The Labute approximate surface area is 113 Å². The number of sulfonamides is 1. The van der Waals surface area contributed by atoms with Crippen LogP contribution in [0.1, 0.15) is 6.42 Å². The summed E-state index contributed by atoms with van der Waals surface area (Å²) in [6, 6.07) is 6.43. The Kier molecular flexibility index (Phi) is 6.79. The molecule has 0 aliphatic carbocycles. The average Bonchev–Trinajstić information content (AvgIpc) is 2.42. The van der Waals surface area contributed by atoms with Crippen LogP contribution in [0.15, 0.2) is 29.2 Å². The molecule has 0 radical (unpaired) electrons. The molecule has 1 aromatic carbocycles. The minimum absolute atomic E-state index is 0.0348. The average molecular weight is 289 g/mol. The van der Waals surface area contributed by atoms with Gasteiger partial charge in [-0.1, -0.05) is 12.1 Å². The molecule has 0 amide bonds. The molecule has 1 aromatic rings. The Morgan fingerprint density at radius 1 is 1.26 bits per heavy atom. The van der Waals surface area contributed by atoms with E-state index in [2.05, 4.69) is 4.72 Å². The molecule has 0 aliphatic rings. The molecule has 2 N–H and O–H groups in total. The van der Waals surface area contributed by atoms with Crippen molar-refractivity contribution in [3.8, 4) is 5.75 Å². The number of benzene rings is 1. The van der Waals surface area contributed by atoms with E-state index >= 15 is 0 Å². The van der Waals surface area contributed by atoms with Crippen molar-refractivity contribution in [3.05, 3.63) is 24.3 Å². The van der Waals surface area contributed by atoms with Gasteiger partial charge in [-0.15, -0.1) is 0 Å². The van der Waals surface area contributed by atoms with E-state index in [4.69, 9.17) is 14.6 Å². The lowest BCUT2D eigenvalue weighted by Gasteiger charge is -2.10. The van der Waals surface area contributed by atoms with Crippen LogP contribution in [0.4, 0.5) is 0 Å². The van der Waals surface area contributed by atoms with Crippen molar-refractivity contribution >= 4 is 10.0 Å². The number of para-hydroxylation sites is 1. The third-order valence-electron chi connectivity index (χ3n) is 2.35. The first kappa shape index (κ1) is 15.9. The van der Waals surface area contributed by atoms with E-state index in [0.717, 1.165) is 0 Å². The largest absolute Gasteiger partial charge is 0.495 e. The van der Waals surface area contributed by atoms with Crippen molar-refractivity contribution in [1.82, 2.24) is 4.72 Å². The quantitative estimate of drug-likeness (QED) is 0.642. The highest BCUT2D eigenvalue weighted by Crippen LogP contribution is 2.22. The number of nitrogens with one attached hydrogen (secondary N) is 1. The molecule has 0 atom stereocenters. The SMILES string of the molecule is COc1ccccc1S(=O)(=O)NCCCOCCO. The Morgan fingerprint density at radius 2 is 2.00 bits per heavy atom. The van der Waals surface area contributed by atoms with Crippen molar-refractivity contribution < 1.29 is 23.0 Å². The highest BCUT2D eigenvalue weighted by atomic mass is 32.2. The zero-order valence-electron chi connectivity index (χ0n) is 10.8. The number of methoxy groups -OCH3 is 1. The van der Waals surface area contributed by atoms with Crippen LogP contribution in [0.2, 0.25) is 0 Å². The van der Waals surface area contributed by atoms with Crippen molar-refractivity contribution in [2.45, 2.75) is 11.3 Å². The molecule has 0 saturated carbocycles. The van der Waals surface area contributed by atoms with Crippen molar-refractivity contribution in [2.24, 2.45) is 0 Å². The molecular weight excluding hydrogens is 270 g/mol. The van der Waals surface area contributed by atoms with Crippen LogP contribution in [0.25, 0.3) is 0 Å². The number of ether oxygens (including phenoxy) is 2. The van der Waals surface area contributed by atoms with Gasteiger partial charge in [0.1, 0.15) is 10.6 Å². The number of hydrogen-bond donors (Lipinski definition) is 2. The number of hydrogen-bond acceptors (Lipinski definition) is 5. The van der Waals surface area contributed by atoms with Gasteiger partial charge in [-0.3, -0.25) is 0 Å². The van der Waals surface area contributed by atoms with Crippen molar-refractivity contribution in [1.29, 1.82) is 0 Å². The first-order valence-corrected chi connectivity index (χ1v) is 7.41. The molecule has 0 heterocycles. The van der Waals surface area contributed by atoms with Crippen molar-refractivity contribution in [2.75, 3.05) is 33.5 Å². The summed E-state index contributed by atoms with van der Waals surface area (Å²) in [5.74, 6) is 0.312. The van der Waals surface area contributed by atoms with Crippen LogP contribution >= 0.6 is 0 Å². The van der Waals surface area contributed by atoms with Crippen LogP contribution in [-0.2, 0) is 14.8 Å². The maximum Gasteiger partial charge on any atom is 0.244 e. The lowest BCUT2D eigenvalue weighted by Crippen LogP contribution is -2.26. The summed E-state index contributed by atoms with van der Waals surface area (Å²) in [4.78, 5) is 0.119. The zero-order valence-corrected chi connectivity index (χ0v) is 11.6. The maximum atomic E-state index is 12.0. The molecule has 0 aromatic heterocycles. The van der Waals surface area contributed by atoms with Gasteiger partial charge in [-0.05, 0) is 18.6 Å². The van der Waals surface area contributed by atoms with Gasteiger partial charge in [0.2, 0.25) is 10.0 Å². The second kappa shape index (κ2) is 8.11. The van der Waals surface area contributed by atoms with E-state index in [0.29, 0.717) is 18.8 Å². The molecule has 6 nitrogen and oxygen atoms in total. The van der Waals surface area contributed by atoms with E-state index in [-0.39, 0.29) is 24.7 Å². The summed E-state index contributed by atoms with van der Waals surface area (Å²) >= 11 is 0. The molecule has 1 rings (SSSR count). The predicted molar refractivity (Wildman–Crippen MR) is 70.7 cm³/mol. The smallest absolute Gasteiger partial charge is 0.244 e. The minimum atomic E-state index is -3.58. The molecule has 0 spiro atoms. The summed E-state index contributed by atoms with van der Waals surface area (Å²) in [6.07, 6.45) is 0.536. The molecule has 7 heteroatoms. The summed E-state index contributed by atoms with van der Waals surface area (Å²) in [5.41, 5.74) is 0. The highest BCUT2D eigenvalue weighted by molar-refractivity contribution is 7.89. The van der Waals surface area contributed by atoms with E-state index in [1.165, 1.54) is 13.2 Å². The van der Waals surface area contributed by atoms with Gasteiger partial charge in [0.15, 0.2) is 0 Å². The molecule has 108 valence electrons. The number of rotatable bonds is 9. The third kappa shape index (κ3) is 5.15. The highest BCUT2D eigenvalue weighted by Gasteiger charge is 2.17.